The number of nitrogens with zero attached hydrogens (tertiary/aromatic N) is 4. The van der Waals surface area contributed by atoms with Gasteiger partial charge in [0.1, 0.15) is 0 Å². The number of imidazole rings is 1. The number of amides is 3. The number of hydrogen-bond acceptors (Lipinski definition) is 5. The molecule has 6 rings (SSSR count). The van der Waals surface area contributed by atoms with Gasteiger partial charge in [-0.1, -0.05) is 6.07 Å². The van der Waals surface area contributed by atoms with Crippen molar-refractivity contribution in [3.63, 3.8) is 0 Å². The summed E-state index contributed by atoms with van der Waals surface area (Å²) in [5, 5.41) is 9.25. The summed E-state index contributed by atoms with van der Waals surface area (Å²) in [5.74, 6) is -2.68. The number of urea groups is 1. The van der Waals surface area contributed by atoms with Crippen LogP contribution >= 0.6 is 0 Å². The van der Waals surface area contributed by atoms with Crippen LogP contribution in [0, 0.1) is 5.95 Å². The van der Waals surface area contributed by atoms with Gasteiger partial charge < -0.3 is 5.32 Å². The molecule has 2 N–H and O–H groups in total. The predicted molar refractivity (Wildman–Crippen MR) is 114 cm³/mol. The third kappa shape index (κ3) is 3.56. The lowest BCUT2D eigenvalue weighted by Gasteiger charge is -2.22. The molecule has 1 aliphatic carbocycles. The number of aromatic nitrogens is 4. The molecule has 1 aromatic carbocycles. The van der Waals surface area contributed by atoms with E-state index >= 15 is 0 Å². The third-order valence-corrected chi connectivity index (χ3v) is 6.50. The lowest BCUT2D eigenvalue weighted by atomic mass is 9.97. The average molecular weight is 484 g/mol. The van der Waals surface area contributed by atoms with Crippen molar-refractivity contribution < 1.29 is 27.2 Å². The van der Waals surface area contributed by atoms with Gasteiger partial charge in [-0.3, -0.25) is 15.1 Å². The first-order chi connectivity index (χ1) is 16.7. The maximum Gasteiger partial charge on any atom is 0.418 e. The van der Waals surface area contributed by atoms with Gasteiger partial charge in [-0.25, -0.2) is 9.78 Å². The fourth-order valence-corrected chi connectivity index (χ4v) is 4.75. The van der Waals surface area contributed by atoms with Crippen molar-refractivity contribution in [2.75, 3.05) is 6.54 Å². The molecule has 3 amide bonds. The molecule has 0 radical (unpaired) electrons. The number of rotatable bonds is 3. The highest BCUT2D eigenvalue weighted by atomic mass is 19.4. The minimum atomic E-state index is -4.57. The number of halogens is 4. The molecule has 3 atom stereocenters. The van der Waals surface area contributed by atoms with E-state index in [2.05, 4.69) is 25.7 Å². The van der Waals surface area contributed by atoms with E-state index in [0.29, 0.717) is 22.9 Å². The second-order valence-corrected chi connectivity index (χ2v) is 8.68. The molecule has 3 aromatic heterocycles. The van der Waals surface area contributed by atoms with E-state index in [1.165, 1.54) is 6.20 Å². The van der Waals surface area contributed by atoms with Crippen LogP contribution in [0.25, 0.3) is 16.6 Å². The van der Waals surface area contributed by atoms with Crippen LogP contribution in [0.1, 0.15) is 46.6 Å². The van der Waals surface area contributed by atoms with Crippen molar-refractivity contribution in [1.82, 2.24) is 30.2 Å². The summed E-state index contributed by atoms with van der Waals surface area (Å²) in [5.41, 5.74) is 0.611. The highest BCUT2D eigenvalue weighted by Gasteiger charge is 2.44. The number of pyridine rings is 1. The van der Waals surface area contributed by atoms with Gasteiger partial charge in [0, 0.05) is 23.7 Å². The number of carbonyl (C=O) groups excluding carboxylic acids is 2. The normalized spacial score (nSPS) is 22.3. The van der Waals surface area contributed by atoms with Crippen LogP contribution in [0.15, 0.2) is 42.7 Å². The Morgan fingerprint density at radius 3 is 2.69 bits per heavy atom. The largest absolute Gasteiger partial charge is 0.418 e. The number of hydrogen-bond donors (Lipinski definition) is 2. The van der Waals surface area contributed by atoms with E-state index in [-0.39, 0.29) is 35.2 Å². The van der Waals surface area contributed by atoms with E-state index in [1.807, 2.05) is 0 Å². The summed E-state index contributed by atoms with van der Waals surface area (Å²) in [6.45, 7) is -0.0142. The van der Waals surface area contributed by atoms with Gasteiger partial charge in [-0.2, -0.15) is 27.2 Å². The Bertz CT molecular complexity index is 1530. The fraction of sp³-hybridized carbons (Fsp3) is 0.261. The van der Waals surface area contributed by atoms with Crippen molar-refractivity contribution >= 4 is 28.5 Å². The molecule has 0 bridgehead atoms. The van der Waals surface area contributed by atoms with Gasteiger partial charge in [-0.05, 0) is 48.1 Å². The van der Waals surface area contributed by atoms with E-state index in [0.717, 1.165) is 16.8 Å². The topological polar surface area (TPSA) is 101 Å². The fourth-order valence-electron chi connectivity index (χ4n) is 4.75. The number of imide groups is 1. The highest BCUT2D eigenvalue weighted by Crippen LogP contribution is 2.56. The molecule has 35 heavy (non-hydrogen) atoms. The lowest BCUT2D eigenvalue weighted by molar-refractivity contribution is -0.136. The second kappa shape index (κ2) is 7.45. The molecule has 1 unspecified atom stereocenters. The van der Waals surface area contributed by atoms with Crippen LogP contribution in [0.5, 0.6) is 0 Å². The average Bonchev–Trinajstić information content (AvgIpc) is 3.53. The standard InChI is InChI=1S/C23H16F4N6O2/c24-18-9-29-20-14(7-17(32-33(18)20)15-8-30-22(35)31-21(15)34)13-6-12(13)11-4-10-2-1-3-28-19(10)16(5-11)23(25,26)27/h1-5,7,9,12-13,15H,6,8H2,(H2,30,31,34,35)/t12-,13+,15?/m1/s1. The Labute approximate surface area is 194 Å². The van der Waals surface area contributed by atoms with E-state index in [1.54, 1.807) is 24.3 Å². The summed E-state index contributed by atoms with van der Waals surface area (Å²) in [4.78, 5) is 31.8. The number of nitrogens with one attached hydrogen (secondary N) is 2. The van der Waals surface area contributed by atoms with Crippen molar-refractivity contribution in [1.29, 1.82) is 0 Å². The van der Waals surface area contributed by atoms with Crippen molar-refractivity contribution in [2.45, 2.75) is 30.4 Å². The molecule has 2 aliphatic rings. The quantitative estimate of drug-likeness (QED) is 0.433. The first-order valence-electron chi connectivity index (χ1n) is 10.8. The Balaban J connectivity index is 1.42. The Morgan fingerprint density at radius 2 is 1.91 bits per heavy atom. The van der Waals surface area contributed by atoms with Gasteiger partial charge in [0.05, 0.1) is 28.9 Å². The van der Waals surface area contributed by atoms with Gasteiger partial charge in [-0.15, -0.1) is 0 Å². The van der Waals surface area contributed by atoms with Crippen molar-refractivity contribution in [3.05, 3.63) is 71.1 Å². The molecule has 4 aromatic rings. The number of fused-ring (bicyclic) bond motifs is 2. The Kier molecular flexibility index (Phi) is 4.57. The number of carbonyl (C=O) groups is 2. The van der Waals surface area contributed by atoms with Crippen LogP contribution in [0.2, 0.25) is 0 Å². The third-order valence-electron chi connectivity index (χ3n) is 6.50. The van der Waals surface area contributed by atoms with Crippen molar-refractivity contribution in [2.24, 2.45) is 0 Å². The van der Waals surface area contributed by atoms with E-state index < -0.39 is 35.5 Å². The van der Waals surface area contributed by atoms with Crippen LogP contribution in [0.3, 0.4) is 0 Å². The molecule has 4 heterocycles. The first kappa shape index (κ1) is 21.4. The molecule has 1 aliphatic heterocycles. The van der Waals surface area contributed by atoms with Crippen LogP contribution < -0.4 is 10.6 Å². The van der Waals surface area contributed by atoms with Gasteiger partial charge in [0.2, 0.25) is 11.9 Å². The molecule has 2 fully saturated rings. The van der Waals surface area contributed by atoms with Gasteiger partial charge in [0.25, 0.3) is 0 Å². The van der Waals surface area contributed by atoms with Crippen LogP contribution in [-0.4, -0.2) is 38.1 Å². The zero-order valence-corrected chi connectivity index (χ0v) is 17.8. The molecule has 1 saturated carbocycles. The molecule has 178 valence electrons. The summed E-state index contributed by atoms with van der Waals surface area (Å²) in [6.07, 6.45) is -1.73. The zero-order valence-electron chi connectivity index (χ0n) is 17.8. The highest BCUT2D eigenvalue weighted by molar-refractivity contribution is 6.00. The SMILES string of the molecule is O=C1NCC(c2cc([C@H]3C[C@@H]3c3cc(C(F)(F)F)c4ncccc4c3)c3ncc(F)n3n2)C(=O)N1. The van der Waals surface area contributed by atoms with Crippen molar-refractivity contribution in [3.8, 4) is 0 Å². The summed E-state index contributed by atoms with van der Waals surface area (Å²) in [7, 11) is 0. The molecular formula is C23H16F4N6O2. The molecule has 12 heteroatoms. The zero-order chi connectivity index (χ0) is 24.5. The minimum absolute atomic E-state index is 0.0142. The maximum atomic E-state index is 14.4. The smallest absolute Gasteiger partial charge is 0.337 e. The van der Waals surface area contributed by atoms with Gasteiger partial charge in [0.15, 0.2) is 5.65 Å². The molecular weight excluding hydrogens is 468 g/mol. The predicted octanol–water partition coefficient (Wildman–Crippen LogP) is 3.63. The summed E-state index contributed by atoms with van der Waals surface area (Å²) in [6, 6.07) is 6.97. The maximum absolute atomic E-state index is 14.4. The Hall–Kier alpha value is -4.09. The van der Waals surface area contributed by atoms with E-state index in [4.69, 9.17) is 0 Å². The molecule has 8 nitrogen and oxygen atoms in total. The van der Waals surface area contributed by atoms with E-state index in [9.17, 15) is 27.2 Å². The summed E-state index contributed by atoms with van der Waals surface area (Å²) < 4.78 is 56.7. The van der Waals surface area contributed by atoms with Gasteiger partial charge >= 0.3 is 12.2 Å². The molecule has 0 spiro atoms. The number of alkyl halides is 3. The number of benzene rings is 1. The second-order valence-electron chi connectivity index (χ2n) is 8.68. The lowest BCUT2D eigenvalue weighted by Crippen LogP contribution is -2.51. The molecule has 1 saturated heterocycles. The van der Waals surface area contributed by atoms with Crippen LogP contribution in [0.4, 0.5) is 22.4 Å². The summed E-state index contributed by atoms with van der Waals surface area (Å²) >= 11 is 0. The minimum Gasteiger partial charge on any atom is -0.337 e. The van der Waals surface area contributed by atoms with Crippen LogP contribution in [-0.2, 0) is 11.0 Å². The monoisotopic (exact) mass is 484 g/mol. The first-order valence-corrected chi connectivity index (χ1v) is 10.8. The Morgan fingerprint density at radius 1 is 1.09 bits per heavy atom.